The monoisotopic (exact) mass is 1940 g/mol. The number of hydrogen-bond acceptors (Lipinski definition) is 12. The van der Waals surface area contributed by atoms with Gasteiger partial charge in [0, 0.05) is 146 Å². The molecule has 0 aliphatic carbocycles. The first kappa shape index (κ1) is 104. The van der Waals surface area contributed by atoms with Crippen LogP contribution in [0.3, 0.4) is 0 Å². The summed E-state index contributed by atoms with van der Waals surface area (Å²) in [5, 5.41) is 43.8. The van der Waals surface area contributed by atoms with E-state index in [1.54, 1.807) is 140 Å². The zero-order valence-electron chi connectivity index (χ0n) is 61.1. The van der Waals surface area contributed by atoms with Gasteiger partial charge in [-0.3, -0.25) is 9.78 Å². The van der Waals surface area contributed by atoms with Gasteiger partial charge < -0.3 is 50.1 Å². The third-order valence-corrected chi connectivity index (χ3v) is 17.8. The van der Waals surface area contributed by atoms with Crippen molar-refractivity contribution in [2.24, 2.45) is 0 Å². The molecule has 0 atom stereocenters. The molecule has 0 amide bonds. The maximum Gasteiger partial charge on any atom is 1.00 e. The van der Waals surface area contributed by atoms with E-state index >= 15 is 0 Å². The molecule has 0 saturated carbocycles. The van der Waals surface area contributed by atoms with Crippen molar-refractivity contribution in [1.82, 2.24) is 4.98 Å². The number of halogens is 19. The molecule has 2 heterocycles. The molecule has 0 unspecified atom stereocenters. The molecular weight excluding hydrogens is 1890 g/mol. The number of ether oxygens (including phenoxy) is 3. The van der Waals surface area contributed by atoms with E-state index in [1.807, 2.05) is 54.6 Å². The molecular formula is C81H56BBrCl13F5K2NO11. The Kier molecular flexibility index (Phi) is 49.2. The summed E-state index contributed by atoms with van der Waals surface area (Å²) in [5.41, 5.74) is 5.09. The molecule has 14 rings (SSSR count). The zero-order chi connectivity index (χ0) is 82.1. The minimum atomic E-state index is -0.481. The van der Waals surface area contributed by atoms with E-state index in [2.05, 4.69) is 25.8 Å². The van der Waals surface area contributed by atoms with Crippen LogP contribution in [0.4, 0.5) is 22.0 Å². The van der Waals surface area contributed by atoms with Crippen molar-refractivity contribution in [3.8, 4) is 79.0 Å². The number of carbonyl (C=O) groups is 1. The fourth-order valence-corrected chi connectivity index (χ4v) is 11.6. The van der Waals surface area contributed by atoms with E-state index < -0.39 is 23.3 Å². The summed E-state index contributed by atoms with van der Waals surface area (Å²) in [6, 6.07) is 63.0. The number of methoxy groups -OCH3 is 3. The molecule has 1 radical (unpaired) electrons. The van der Waals surface area contributed by atoms with Gasteiger partial charge in [-0.25, -0.2) is 22.0 Å². The molecule has 14 aromatic rings. The summed E-state index contributed by atoms with van der Waals surface area (Å²) < 4.78 is 93.3. The fourth-order valence-electron chi connectivity index (χ4n) is 9.38. The van der Waals surface area contributed by atoms with Crippen LogP contribution in [0.25, 0.3) is 66.4 Å². The predicted molar refractivity (Wildman–Crippen MR) is 453 cm³/mol. The summed E-state index contributed by atoms with van der Waals surface area (Å²) in [4.78, 5) is 15.0. The molecule has 34 heteroatoms. The molecule has 2 aromatic heterocycles. The topological polar surface area (TPSA) is 173 Å². The van der Waals surface area contributed by atoms with Crippen LogP contribution in [-0.4, -0.2) is 55.7 Å². The number of aromatic hydroxyl groups is 2. The van der Waals surface area contributed by atoms with Gasteiger partial charge in [0.25, 0.3) is 6.47 Å². The van der Waals surface area contributed by atoms with Crippen molar-refractivity contribution in [3.63, 3.8) is 0 Å². The molecule has 0 bridgehead atoms. The molecule has 3 N–H and O–H groups in total. The largest absolute Gasteiger partial charge is 1.00 e. The van der Waals surface area contributed by atoms with Crippen molar-refractivity contribution in [2.45, 2.75) is 0 Å². The van der Waals surface area contributed by atoms with Gasteiger partial charge in [0.1, 0.15) is 69.0 Å². The van der Waals surface area contributed by atoms with Crippen LogP contribution in [0, 0.1) is 29.1 Å². The van der Waals surface area contributed by atoms with Gasteiger partial charge in [0.15, 0.2) is 5.75 Å². The summed E-state index contributed by atoms with van der Waals surface area (Å²) in [5.74, 6) is -0.244. The summed E-state index contributed by atoms with van der Waals surface area (Å²) in [7, 11) is 5.12. The van der Waals surface area contributed by atoms with E-state index in [1.165, 1.54) is 75.9 Å². The number of fused-ring (bicyclic) bond motifs is 3. The number of phenols is 2. The minimum Gasteiger partial charge on any atom is -1.00 e. The summed E-state index contributed by atoms with van der Waals surface area (Å²) in [6.07, 6.45) is 3.50. The average molecular weight is 1940 g/mol. The van der Waals surface area contributed by atoms with Gasteiger partial charge >= 0.3 is 110 Å². The van der Waals surface area contributed by atoms with E-state index in [0.29, 0.717) is 140 Å². The van der Waals surface area contributed by atoms with E-state index in [0.717, 1.165) is 21.9 Å². The second-order valence-electron chi connectivity index (χ2n) is 21.7. The van der Waals surface area contributed by atoms with Crippen LogP contribution >= 0.6 is 168 Å². The second-order valence-corrected chi connectivity index (χ2v) is 27.8. The SMILES string of the molecule is COc1cc(Cl)ccc1-c1ccc(Cl)cc1F.COc1cc(Cl)ccc1-c1ccc(Cl)cc1F.COc1cc(Cl)ccc1O[B]O.Cl.Clc1ccc2c(c1)oc1cc(Cl)ccc12.Fc1cc(Cl)ccc1Br.O=CO[O-].Oc1cc(Cl)ccc1-c1ccc(Cl)cc1F.Oc1cc(Cl)ccc1-c1ccc(Cl)cc1F.[H-].[K+].[K+].c1ccncc1. The summed E-state index contributed by atoms with van der Waals surface area (Å²) in [6.45, 7) is -0.181. The normalized spacial score (nSPS) is 9.77. The smallest absolute Gasteiger partial charge is 1.00 e. The number of aromatic nitrogens is 1. The Balaban J connectivity index is 0.000000450. The Labute approximate surface area is 820 Å². The Hall–Kier alpha value is -4.98. The second kappa shape index (κ2) is 54.3. The van der Waals surface area contributed by atoms with E-state index in [4.69, 9.17) is 178 Å². The van der Waals surface area contributed by atoms with Crippen LogP contribution < -0.4 is 127 Å². The molecule has 12 nitrogen and oxygen atoms in total. The van der Waals surface area contributed by atoms with Crippen LogP contribution in [0.1, 0.15) is 1.43 Å². The van der Waals surface area contributed by atoms with Gasteiger partial charge in [-0.15, -0.1) is 12.4 Å². The Morgan fingerprint density at radius 1 is 0.383 bits per heavy atom. The first-order valence-electron chi connectivity index (χ1n) is 31.4. The molecule has 12 aromatic carbocycles. The maximum atomic E-state index is 13.8. The van der Waals surface area contributed by atoms with Crippen molar-refractivity contribution >= 4 is 204 Å². The van der Waals surface area contributed by atoms with Crippen molar-refractivity contribution < 1.29 is 180 Å². The minimum absolute atomic E-state index is 0. The summed E-state index contributed by atoms with van der Waals surface area (Å²) >= 11 is 71.7. The molecule has 0 fully saturated rings. The van der Waals surface area contributed by atoms with Crippen molar-refractivity contribution in [2.75, 3.05) is 21.3 Å². The van der Waals surface area contributed by atoms with E-state index in [9.17, 15) is 32.2 Å². The number of carbonyl (C=O) groups excluding carboxylic acids is 1. The fraction of sp³-hybridized carbons (Fsp3) is 0.0370. The number of nitrogens with zero attached hydrogens (tertiary/aromatic N) is 1. The maximum absolute atomic E-state index is 13.8. The van der Waals surface area contributed by atoms with Gasteiger partial charge in [-0.05, 0) is 228 Å². The van der Waals surface area contributed by atoms with Gasteiger partial charge in [0.05, 0.1) is 25.8 Å². The number of pyridine rings is 1. The van der Waals surface area contributed by atoms with Crippen LogP contribution in [0.5, 0.6) is 34.5 Å². The number of hydrogen-bond donors (Lipinski definition) is 3. The Bertz CT molecular complexity index is 5090. The standard InChI is InChI=1S/2C13H9Cl2FO.2C12H7Cl2FO.C12H6Cl2O.C7H7BClO3.C6H3BrClF.C5H5N.CH2O3.ClH.2K.H/c2*1-17-13-7-9(15)3-5-11(13)10-4-2-8(14)6-12(10)16;2*13-7-1-3-9(11(15)5-7)10-4-2-8(14)6-12(10)16;13-7-1-3-9-10-4-2-8(14)6-12(10)15-11(9)5-7;1-11-7-4-5(9)2-3-6(7)12-8-10;7-5-2-1-4(8)3-6(5)9;1-2-4-6-5-3-1;2-1-4-3;;;;/h2*2-7H,1H3;2*1-6,16H;1-6H;2-4,10H,1H3;1-3H;1-5H;1,3H;1H;;;/q;;;;;;;;;;2*+1;-1/p-1. The number of furan rings is 1. The van der Waals surface area contributed by atoms with Crippen molar-refractivity contribution in [3.05, 3.63) is 343 Å². The first-order chi connectivity index (χ1) is 53.5. The predicted octanol–water partition coefficient (Wildman–Crippen LogP) is 22.1. The first-order valence-corrected chi connectivity index (χ1v) is 36.7. The van der Waals surface area contributed by atoms with Gasteiger partial charge in [0.2, 0.25) is 0 Å². The van der Waals surface area contributed by atoms with Crippen LogP contribution in [-0.2, 0) is 9.68 Å². The van der Waals surface area contributed by atoms with Gasteiger partial charge in [-0.1, -0.05) is 145 Å². The van der Waals surface area contributed by atoms with Crippen LogP contribution in [0.2, 0.25) is 60.3 Å². The zero-order valence-corrected chi connectivity index (χ0v) is 77.8. The average Bonchev–Trinajstić information content (AvgIpc) is 1.62. The third kappa shape index (κ3) is 34.2. The molecule has 115 heavy (non-hydrogen) atoms. The van der Waals surface area contributed by atoms with Crippen LogP contribution in [0.15, 0.2) is 258 Å². The molecule has 0 aliphatic rings. The molecule has 0 spiro atoms. The van der Waals surface area contributed by atoms with Crippen molar-refractivity contribution in [1.29, 1.82) is 0 Å². The molecule has 0 saturated heterocycles. The third-order valence-electron chi connectivity index (χ3n) is 14.3. The quantitative estimate of drug-likeness (QED) is 0.0296. The van der Waals surface area contributed by atoms with Gasteiger partial charge in [-0.2, -0.15) is 0 Å². The Morgan fingerprint density at radius 3 is 0.930 bits per heavy atom. The van der Waals surface area contributed by atoms with E-state index in [-0.39, 0.29) is 140 Å². The Morgan fingerprint density at radius 2 is 0.652 bits per heavy atom. The number of rotatable bonds is 10. The molecule has 0 aliphatic heterocycles. The molecule has 589 valence electrons. The number of benzene rings is 12. The number of phenolic OH excluding ortho intramolecular Hbond substituents is 2.